The van der Waals surface area contributed by atoms with Gasteiger partial charge in [-0.05, 0) is 43.7 Å². The van der Waals surface area contributed by atoms with Crippen molar-refractivity contribution in [3.05, 3.63) is 60.2 Å². The zero-order valence-electron chi connectivity index (χ0n) is 16.8. The smallest absolute Gasteiger partial charge is 0.414 e. The molecular formula is C22H23FN4O3. The average molecular weight is 410 g/mol. The number of allylic oxidation sites excluding steroid dienone is 2. The molecule has 7 nitrogen and oxygen atoms in total. The van der Waals surface area contributed by atoms with Gasteiger partial charge in [0.15, 0.2) is 0 Å². The fourth-order valence-corrected chi connectivity index (χ4v) is 3.63. The molecular weight excluding hydrogens is 387 g/mol. The second-order valence-electron chi connectivity index (χ2n) is 7.50. The Hall–Kier alpha value is -3.42. The lowest BCUT2D eigenvalue weighted by Gasteiger charge is -2.29. The lowest BCUT2D eigenvalue weighted by Crippen LogP contribution is -2.33. The number of cyclic esters (lactones) is 1. The highest BCUT2D eigenvalue weighted by Crippen LogP contribution is 2.30. The molecule has 0 bridgehead atoms. The van der Waals surface area contributed by atoms with E-state index in [2.05, 4.69) is 17.2 Å². The highest BCUT2D eigenvalue weighted by Gasteiger charge is 2.33. The Morgan fingerprint density at radius 2 is 2.20 bits per heavy atom. The summed E-state index contributed by atoms with van der Waals surface area (Å²) in [7, 11) is 0. The number of benzene rings is 1. The van der Waals surface area contributed by atoms with Crippen molar-refractivity contribution in [2.45, 2.75) is 32.4 Å². The molecule has 3 aliphatic rings. The Bertz CT molecular complexity index is 998. The van der Waals surface area contributed by atoms with Crippen LogP contribution in [0.15, 0.2) is 53.8 Å². The third-order valence-corrected chi connectivity index (χ3v) is 5.25. The summed E-state index contributed by atoms with van der Waals surface area (Å²) < 4.78 is 20.2. The number of anilines is 1. The minimum absolute atomic E-state index is 0.198. The number of rotatable bonds is 4. The van der Waals surface area contributed by atoms with Crippen LogP contribution in [0, 0.1) is 5.82 Å². The summed E-state index contributed by atoms with van der Waals surface area (Å²) >= 11 is 0. The SMILES string of the molecule is CC(=O)NCC1CN(c2ccc(C3=CN4C(=NC=CCC4C)C=C3)c(F)c2)C(=O)O1. The predicted octanol–water partition coefficient (Wildman–Crippen LogP) is 3.20. The Morgan fingerprint density at radius 3 is 2.97 bits per heavy atom. The van der Waals surface area contributed by atoms with Crippen molar-refractivity contribution >= 4 is 29.1 Å². The molecule has 30 heavy (non-hydrogen) atoms. The summed E-state index contributed by atoms with van der Waals surface area (Å²) in [5, 5.41) is 2.62. The fraction of sp³-hybridized carbons (Fsp3) is 0.318. The molecule has 3 aliphatic heterocycles. The fourth-order valence-electron chi connectivity index (χ4n) is 3.63. The summed E-state index contributed by atoms with van der Waals surface area (Å²) in [5.41, 5.74) is 1.60. The van der Waals surface area contributed by atoms with Crippen LogP contribution < -0.4 is 10.2 Å². The van der Waals surface area contributed by atoms with Crippen molar-refractivity contribution in [2.24, 2.45) is 4.99 Å². The van der Waals surface area contributed by atoms with E-state index in [9.17, 15) is 14.0 Å². The number of halogens is 1. The van der Waals surface area contributed by atoms with Gasteiger partial charge in [0, 0.05) is 36.5 Å². The summed E-state index contributed by atoms with van der Waals surface area (Å²) in [4.78, 5) is 31.0. The molecule has 0 radical (unpaired) electrons. The van der Waals surface area contributed by atoms with Crippen molar-refractivity contribution in [3.8, 4) is 0 Å². The zero-order valence-corrected chi connectivity index (χ0v) is 16.8. The van der Waals surface area contributed by atoms with Crippen LogP contribution in [0.2, 0.25) is 0 Å². The third-order valence-electron chi connectivity index (χ3n) is 5.25. The molecule has 1 aromatic carbocycles. The number of nitrogens with zero attached hydrogens (tertiary/aromatic N) is 3. The van der Waals surface area contributed by atoms with Crippen molar-refractivity contribution in [1.82, 2.24) is 10.2 Å². The van der Waals surface area contributed by atoms with Gasteiger partial charge in [-0.3, -0.25) is 9.69 Å². The molecule has 156 valence electrons. The standard InChI is InChI=1S/C22H23FN4O3/c1-14-4-3-9-24-21-8-5-16(12-26(14)21)19-7-6-17(10-20(19)23)27-13-18(30-22(27)29)11-25-15(2)28/h3,5-10,12,14,18H,4,11,13H2,1-2H3,(H,25,28). The summed E-state index contributed by atoms with van der Waals surface area (Å²) in [6, 6.07) is 4.91. The minimum atomic E-state index is -0.555. The number of aliphatic imine (C=N–C) groups is 1. The Balaban J connectivity index is 1.53. The summed E-state index contributed by atoms with van der Waals surface area (Å²) in [5.74, 6) is 0.195. The number of hydrogen-bond acceptors (Lipinski definition) is 5. The van der Waals surface area contributed by atoms with Crippen LogP contribution in [0.3, 0.4) is 0 Å². The molecule has 8 heteroatoms. The maximum absolute atomic E-state index is 15.0. The van der Waals surface area contributed by atoms with Crippen LogP contribution >= 0.6 is 0 Å². The average Bonchev–Trinajstić information content (AvgIpc) is 2.99. The number of ether oxygens (including phenoxy) is 1. The van der Waals surface area contributed by atoms with Gasteiger partial charge in [-0.25, -0.2) is 14.2 Å². The molecule has 0 spiro atoms. The number of nitrogens with one attached hydrogen (secondary N) is 1. The maximum Gasteiger partial charge on any atom is 0.414 e. The maximum atomic E-state index is 15.0. The van der Waals surface area contributed by atoms with Gasteiger partial charge < -0.3 is 15.0 Å². The molecule has 0 aromatic heterocycles. The molecule has 1 saturated heterocycles. The van der Waals surface area contributed by atoms with E-state index in [1.54, 1.807) is 18.3 Å². The number of amidine groups is 1. The first-order valence-corrected chi connectivity index (χ1v) is 9.86. The first kappa shape index (κ1) is 19.9. The van der Waals surface area contributed by atoms with Crippen molar-refractivity contribution < 1.29 is 18.7 Å². The largest absolute Gasteiger partial charge is 0.442 e. The molecule has 1 fully saturated rings. The molecule has 2 atom stereocenters. The van der Waals surface area contributed by atoms with Crippen LogP contribution in [0.1, 0.15) is 25.8 Å². The molecule has 2 unspecified atom stereocenters. The van der Waals surface area contributed by atoms with Crippen LogP contribution in [0.4, 0.5) is 14.9 Å². The van der Waals surface area contributed by atoms with E-state index >= 15 is 0 Å². The van der Waals surface area contributed by atoms with E-state index in [1.807, 2.05) is 29.3 Å². The van der Waals surface area contributed by atoms with Crippen LogP contribution in [0.5, 0.6) is 0 Å². The summed E-state index contributed by atoms with van der Waals surface area (Å²) in [6.07, 6.45) is 9.25. The lowest BCUT2D eigenvalue weighted by molar-refractivity contribution is -0.119. The number of fused-ring (bicyclic) bond motifs is 1. The van der Waals surface area contributed by atoms with E-state index in [-0.39, 0.29) is 25.0 Å². The summed E-state index contributed by atoms with van der Waals surface area (Å²) in [6.45, 7) is 3.96. The monoisotopic (exact) mass is 410 g/mol. The second kappa shape index (κ2) is 8.14. The van der Waals surface area contributed by atoms with Gasteiger partial charge in [-0.2, -0.15) is 0 Å². The van der Waals surface area contributed by atoms with E-state index in [4.69, 9.17) is 4.74 Å². The normalized spacial score (nSPS) is 22.8. The quantitative estimate of drug-likeness (QED) is 0.827. The van der Waals surface area contributed by atoms with Crippen LogP contribution in [-0.2, 0) is 9.53 Å². The predicted molar refractivity (Wildman–Crippen MR) is 112 cm³/mol. The Morgan fingerprint density at radius 1 is 1.37 bits per heavy atom. The first-order valence-electron chi connectivity index (χ1n) is 9.86. The van der Waals surface area contributed by atoms with E-state index in [0.29, 0.717) is 11.3 Å². The van der Waals surface area contributed by atoms with Crippen LogP contribution in [-0.4, -0.2) is 48.0 Å². The first-order chi connectivity index (χ1) is 14.4. The van der Waals surface area contributed by atoms with Gasteiger partial charge in [0.2, 0.25) is 5.91 Å². The zero-order chi connectivity index (χ0) is 21.3. The molecule has 1 N–H and O–H groups in total. The molecule has 0 aliphatic carbocycles. The van der Waals surface area contributed by atoms with E-state index < -0.39 is 18.0 Å². The molecule has 3 heterocycles. The number of hydrogen-bond donors (Lipinski definition) is 1. The minimum Gasteiger partial charge on any atom is -0.442 e. The highest BCUT2D eigenvalue weighted by molar-refractivity contribution is 6.00. The van der Waals surface area contributed by atoms with E-state index in [0.717, 1.165) is 17.8 Å². The molecule has 2 amide bonds. The van der Waals surface area contributed by atoms with Gasteiger partial charge in [0.25, 0.3) is 0 Å². The Kier molecular flexibility index (Phi) is 5.39. The van der Waals surface area contributed by atoms with Crippen molar-refractivity contribution in [2.75, 3.05) is 18.0 Å². The van der Waals surface area contributed by atoms with Gasteiger partial charge >= 0.3 is 6.09 Å². The highest BCUT2D eigenvalue weighted by atomic mass is 19.1. The van der Waals surface area contributed by atoms with Gasteiger partial charge in [-0.1, -0.05) is 6.08 Å². The molecule has 1 aromatic rings. The topological polar surface area (TPSA) is 74.2 Å². The molecule has 0 saturated carbocycles. The second-order valence-corrected chi connectivity index (χ2v) is 7.50. The molecule has 4 rings (SSSR count). The van der Waals surface area contributed by atoms with Gasteiger partial charge in [-0.15, -0.1) is 0 Å². The van der Waals surface area contributed by atoms with Gasteiger partial charge in [0.05, 0.1) is 18.8 Å². The van der Waals surface area contributed by atoms with Crippen molar-refractivity contribution in [1.29, 1.82) is 0 Å². The number of carbonyl (C=O) groups excluding carboxylic acids is 2. The van der Waals surface area contributed by atoms with Crippen molar-refractivity contribution in [3.63, 3.8) is 0 Å². The van der Waals surface area contributed by atoms with Crippen LogP contribution in [0.25, 0.3) is 5.57 Å². The Labute approximate surface area is 174 Å². The number of carbonyl (C=O) groups is 2. The van der Waals surface area contributed by atoms with E-state index in [1.165, 1.54) is 17.9 Å². The van der Waals surface area contributed by atoms with Gasteiger partial charge in [0.1, 0.15) is 17.8 Å². The lowest BCUT2D eigenvalue weighted by atomic mass is 10.0. The third kappa shape index (κ3) is 3.98. The number of amides is 2.